The molecule has 4 aromatic rings. The van der Waals surface area contributed by atoms with Crippen LogP contribution >= 0.6 is 0 Å². The molecule has 0 amide bonds. The fourth-order valence-corrected chi connectivity index (χ4v) is 5.28. The number of morpholine rings is 1. The third-order valence-electron chi connectivity index (χ3n) is 7.07. The predicted molar refractivity (Wildman–Crippen MR) is 145 cm³/mol. The molecular formula is C27H36N8O3. The number of anilines is 1. The van der Waals surface area contributed by atoms with Crippen LogP contribution in [0.1, 0.15) is 39.4 Å². The quantitative estimate of drug-likeness (QED) is 0.393. The van der Waals surface area contributed by atoms with E-state index in [-0.39, 0.29) is 12.0 Å². The van der Waals surface area contributed by atoms with E-state index in [4.69, 9.17) is 29.4 Å². The van der Waals surface area contributed by atoms with Crippen molar-refractivity contribution in [1.82, 2.24) is 34.0 Å². The summed E-state index contributed by atoms with van der Waals surface area (Å²) in [4.78, 5) is 24.3. The van der Waals surface area contributed by atoms with Crippen LogP contribution in [0.4, 0.5) is 5.82 Å². The van der Waals surface area contributed by atoms with E-state index < -0.39 is 5.60 Å². The molecule has 1 N–H and O–H groups in total. The van der Waals surface area contributed by atoms with Crippen LogP contribution in [-0.4, -0.2) is 96.7 Å². The van der Waals surface area contributed by atoms with E-state index in [9.17, 15) is 5.11 Å². The Labute approximate surface area is 222 Å². The smallest absolute Gasteiger partial charge is 0.298 e. The van der Waals surface area contributed by atoms with Gasteiger partial charge in [0, 0.05) is 45.7 Å². The Balaban J connectivity index is 1.43. The monoisotopic (exact) mass is 520 g/mol. The van der Waals surface area contributed by atoms with E-state index in [1.807, 2.05) is 43.7 Å². The first-order valence-electron chi connectivity index (χ1n) is 13.3. The third kappa shape index (κ3) is 4.59. The van der Waals surface area contributed by atoms with Gasteiger partial charge in [0.2, 0.25) is 5.95 Å². The SMILES string of the molecule is CC(C)c1nc2ccccc2n1-c1nc(N2CCOCC2)c2nc(OC3CN(CC(C)(C)O)C3)n(C)c2n1. The molecule has 0 saturated carbocycles. The first-order valence-corrected chi connectivity index (χ1v) is 13.3. The predicted octanol–water partition coefficient (Wildman–Crippen LogP) is 2.50. The van der Waals surface area contributed by atoms with Crippen LogP contribution in [0, 0.1) is 0 Å². The van der Waals surface area contributed by atoms with Gasteiger partial charge < -0.3 is 19.5 Å². The molecule has 11 heteroatoms. The lowest BCUT2D eigenvalue weighted by Gasteiger charge is -2.41. The molecule has 0 radical (unpaired) electrons. The van der Waals surface area contributed by atoms with Crippen molar-refractivity contribution in [2.45, 2.75) is 45.3 Å². The molecule has 0 aliphatic carbocycles. The highest BCUT2D eigenvalue weighted by Crippen LogP contribution is 2.32. The molecule has 2 aliphatic rings. The second-order valence-corrected chi connectivity index (χ2v) is 11.3. The number of para-hydroxylation sites is 2. The molecule has 0 bridgehead atoms. The second-order valence-electron chi connectivity index (χ2n) is 11.3. The Hall–Kier alpha value is -3.28. The fourth-order valence-electron chi connectivity index (χ4n) is 5.28. The molecule has 2 fully saturated rings. The molecule has 5 heterocycles. The van der Waals surface area contributed by atoms with E-state index in [2.05, 4.69) is 34.3 Å². The molecule has 0 spiro atoms. The van der Waals surface area contributed by atoms with Crippen LogP contribution in [0.15, 0.2) is 24.3 Å². The lowest BCUT2D eigenvalue weighted by Crippen LogP contribution is -2.57. The summed E-state index contributed by atoms with van der Waals surface area (Å²) in [6, 6.07) is 8.62. The third-order valence-corrected chi connectivity index (χ3v) is 7.07. The van der Waals surface area contributed by atoms with Gasteiger partial charge in [-0.05, 0) is 26.0 Å². The number of aryl methyl sites for hydroxylation is 1. The van der Waals surface area contributed by atoms with Crippen LogP contribution in [0.2, 0.25) is 0 Å². The van der Waals surface area contributed by atoms with Gasteiger partial charge in [-0.2, -0.15) is 15.0 Å². The zero-order valence-corrected chi connectivity index (χ0v) is 22.8. The minimum atomic E-state index is -0.728. The molecule has 0 unspecified atom stereocenters. The average Bonchev–Trinajstić information content (AvgIpc) is 3.40. The number of nitrogens with zero attached hydrogens (tertiary/aromatic N) is 8. The summed E-state index contributed by atoms with van der Waals surface area (Å²) in [7, 11) is 1.94. The van der Waals surface area contributed by atoms with Crippen molar-refractivity contribution in [1.29, 1.82) is 0 Å². The Morgan fingerprint density at radius 3 is 2.53 bits per heavy atom. The number of hydrogen-bond donors (Lipinski definition) is 1. The number of imidazole rings is 2. The minimum Gasteiger partial charge on any atom is -0.459 e. The number of likely N-dealkylation sites (tertiary alicyclic amines) is 1. The highest BCUT2D eigenvalue weighted by atomic mass is 16.5. The summed E-state index contributed by atoms with van der Waals surface area (Å²) in [6.07, 6.45) is 0.0114. The molecule has 2 aliphatic heterocycles. The summed E-state index contributed by atoms with van der Waals surface area (Å²) in [6.45, 7) is 12.8. The zero-order valence-electron chi connectivity index (χ0n) is 22.8. The average molecular weight is 521 g/mol. The van der Waals surface area contributed by atoms with E-state index in [1.54, 1.807) is 0 Å². The van der Waals surface area contributed by atoms with Gasteiger partial charge in [-0.3, -0.25) is 14.0 Å². The molecule has 1 aromatic carbocycles. The summed E-state index contributed by atoms with van der Waals surface area (Å²) in [5, 5.41) is 10.1. The van der Waals surface area contributed by atoms with Gasteiger partial charge in [0.05, 0.1) is 29.8 Å². The maximum absolute atomic E-state index is 10.1. The van der Waals surface area contributed by atoms with Gasteiger partial charge in [0.25, 0.3) is 6.01 Å². The van der Waals surface area contributed by atoms with Gasteiger partial charge in [-0.15, -0.1) is 0 Å². The molecule has 2 saturated heterocycles. The van der Waals surface area contributed by atoms with Crippen molar-refractivity contribution in [3.63, 3.8) is 0 Å². The van der Waals surface area contributed by atoms with Gasteiger partial charge in [-0.25, -0.2) is 4.98 Å². The number of aliphatic hydroxyl groups is 1. The van der Waals surface area contributed by atoms with Crippen molar-refractivity contribution in [2.24, 2.45) is 7.05 Å². The number of β-amino-alcohol motifs (C(OH)–C–C–N with tert-alkyl or cyclic N) is 1. The highest BCUT2D eigenvalue weighted by Gasteiger charge is 2.33. The molecule has 3 aromatic heterocycles. The lowest BCUT2D eigenvalue weighted by atomic mass is 10.1. The molecule has 38 heavy (non-hydrogen) atoms. The first-order chi connectivity index (χ1) is 18.2. The largest absolute Gasteiger partial charge is 0.459 e. The number of hydrogen-bond acceptors (Lipinski definition) is 9. The van der Waals surface area contributed by atoms with Crippen LogP contribution in [0.25, 0.3) is 28.1 Å². The first kappa shape index (κ1) is 25.0. The van der Waals surface area contributed by atoms with Gasteiger partial charge in [0.1, 0.15) is 11.9 Å². The van der Waals surface area contributed by atoms with E-state index >= 15 is 0 Å². The minimum absolute atomic E-state index is 0.0114. The number of fused-ring (bicyclic) bond motifs is 2. The van der Waals surface area contributed by atoms with Crippen molar-refractivity contribution >= 4 is 28.0 Å². The lowest BCUT2D eigenvalue weighted by molar-refractivity contribution is -0.0397. The van der Waals surface area contributed by atoms with E-state index in [0.717, 1.165) is 54.4 Å². The van der Waals surface area contributed by atoms with Crippen molar-refractivity contribution in [3.8, 4) is 12.0 Å². The maximum atomic E-state index is 10.1. The molecular weight excluding hydrogens is 484 g/mol. The Morgan fingerprint density at radius 2 is 1.82 bits per heavy atom. The van der Waals surface area contributed by atoms with Crippen molar-refractivity contribution in [3.05, 3.63) is 30.1 Å². The Bertz CT molecular complexity index is 1460. The molecule has 0 atom stereocenters. The second kappa shape index (κ2) is 9.48. The van der Waals surface area contributed by atoms with Crippen LogP contribution < -0.4 is 9.64 Å². The van der Waals surface area contributed by atoms with Crippen LogP contribution in [-0.2, 0) is 11.8 Å². The standard InChI is InChI=1S/C27H36N8O3/c1-17(2)22-28-19-8-6-7-9-20(19)35(22)25-30-23-21(24(31-25)34-10-12-37-13-11-34)29-26(32(23)5)38-18-14-33(15-18)16-27(3,4)36/h6-9,17-18,36H,10-16H2,1-5H3. The fraction of sp³-hybridized carbons (Fsp3) is 0.556. The Morgan fingerprint density at radius 1 is 1.08 bits per heavy atom. The summed E-state index contributed by atoms with van der Waals surface area (Å²) < 4.78 is 15.9. The van der Waals surface area contributed by atoms with Gasteiger partial charge >= 0.3 is 0 Å². The van der Waals surface area contributed by atoms with Gasteiger partial charge in [-0.1, -0.05) is 26.0 Å². The number of benzene rings is 1. The summed E-state index contributed by atoms with van der Waals surface area (Å²) >= 11 is 0. The highest BCUT2D eigenvalue weighted by molar-refractivity contribution is 5.86. The van der Waals surface area contributed by atoms with Crippen LogP contribution in [0.5, 0.6) is 6.01 Å². The summed E-state index contributed by atoms with van der Waals surface area (Å²) in [5.41, 5.74) is 2.60. The number of aromatic nitrogens is 6. The number of rotatable bonds is 7. The molecule has 202 valence electrons. The maximum Gasteiger partial charge on any atom is 0.298 e. The van der Waals surface area contributed by atoms with Crippen molar-refractivity contribution < 1.29 is 14.6 Å². The topological polar surface area (TPSA) is 107 Å². The zero-order chi connectivity index (χ0) is 26.6. The van der Waals surface area contributed by atoms with Crippen molar-refractivity contribution in [2.75, 3.05) is 50.8 Å². The Kier molecular flexibility index (Phi) is 6.24. The van der Waals surface area contributed by atoms with Gasteiger partial charge in [0.15, 0.2) is 17.0 Å². The normalized spacial score (nSPS) is 17.6. The van der Waals surface area contributed by atoms with E-state index in [1.165, 1.54) is 0 Å². The molecule has 11 nitrogen and oxygen atoms in total. The van der Waals surface area contributed by atoms with E-state index in [0.29, 0.717) is 37.4 Å². The molecule has 6 rings (SSSR count). The van der Waals surface area contributed by atoms with Crippen LogP contribution in [0.3, 0.4) is 0 Å². The number of ether oxygens (including phenoxy) is 2. The summed E-state index contributed by atoms with van der Waals surface area (Å²) in [5.74, 6) is 2.46.